The van der Waals surface area contributed by atoms with Crippen LogP contribution in [0.2, 0.25) is 0 Å². The highest BCUT2D eigenvalue weighted by Gasteiger charge is 2.25. The average molecular weight is 384 g/mol. The number of benzene rings is 2. The van der Waals surface area contributed by atoms with E-state index in [0.29, 0.717) is 16.8 Å². The molecule has 1 heterocycles. The molecule has 0 fully saturated rings. The topological polar surface area (TPSA) is 67.3 Å². The van der Waals surface area contributed by atoms with Gasteiger partial charge >= 0.3 is 0 Å². The SMILES string of the molecule is CC(=O)c1ccc(S(=O)(=O)N(Cc2cccnc2)c2ccc(F)cc2)cc1. The number of hydrogen-bond donors (Lipinski definition) is 0. The van der Waals surface area contributed by atoms with E-state index in [2.05, 4.69) is 4.98 Å². The Hall–Kier alpha value is -3.06. The third-order valence-electron chi connectivity index (χ3n) is 4.01. The lowest BCUT2D eigenvalue weighted by Gasteiger charge is -2.24. The molecule has 5 nitrogen and oxygen atoms in total. The van der Waals surface area contributed by atoms with Crippen molar-refractivity contribution in [2.45, 2.75) is 18.4 Å². The summed E-state index contributed by atoms with van der Waals surface area (Å²) in [5.74, 6) is -0.604. The van der Waals surface area contributed by atoms with Crippen molar-refractivity contribution in [3.63, 3.8) is 0 Å². The molecule has 3 rings (SSSR count). The van der Waals surface area contributed by atoms with Crippen LogP contribution in [0.3, 0.4) is 0 Å². The summed E-state index contributed by atoms with van der Waals surface area (Å²) in [5.41, 5.74) is 1.44. The van der Waals surface area contributed by atoms with Crippen LogP contribution < -0.4 is 4.31 Å². The monoisotopic (exact) mass is 384 g/mol. The van der Waals surface area contributed by atoms with Gasteiger partial charge in [-0.25, -0.2) is 12.8 Å². The highest BCUT2D eigenvalue weighted by Crippen LogP contribution is 2.26. The number of Topliss-reactive ketones (excluding diaryl/α,β-unsaturated/α-hetero) is 1. The Kier molecular flexibility index (Phi) is 5.32. The standard InChI is InChI=1S/C20H17FN2O3S/c1-15(24)17-4-10-20(11-5-17)27(25,26)23(14-16-3-2-12-22-13-16)19-8-6-18(21)7-9-19/h2-13H,14H2,1H3. The number of pyridine rings is 1. The number of hydrogen-bond acceptors (Lipinski definition) is 4. The van der Waals surface area contributed by atoms with Crippen LogP contribution in [-0.4, -0.2) is 19.2 Å². The van der Waals surface area contributed by atoms with Crippen molar-refractivity contribution in [3.05, 3.63) is 90.0 Å². The van der Waals surface area contributed by atoms with Crippen LogP contribution in [0.25, 0.3) is 0 Å². The molecule has 0 amide bonds. The van der Waals surface area contributed by atoms with Gasteiger partial charge < -0.3 is 0 Å². The summed E-state index contributed by atoms with van der Waals surface area (Å²) in [6.07, 6.45) is 3.17. The average Bonchev–Trinajstić information content (AvgIpc) is 2.68. The molecule has 0 unspecified atom stereocenters. The van der Waals surface area contributed by atoms with Gasteiger partial charge in [0.1, 0.15) is 5.82 Å². The zero-order chi connectivity index (χ0) is 19.4. The number of halogens is 1. The van der Waals surface area contributed by atoms with Crippen molar-refractivity contribution in [1.29, 1.82) is 0 Å². The second-order valence-corrected chi connectivity index (χ2v) is 7.79. The summed E-state index contributed by atoms with van der Waals surface area (Å²) in [6, 6.07) is 14.5. The zero-order valence-corrected chi connectivity index (χ0v) is 15.4. The first-order valence-corrected chi connectivity index (χ1v) is 9.60. The third-order valence-corrected chi connectivity index (χ3v) is 5.80. The Morgan fingerprint density at radius 1 is 1.04 bits per heavy atom. The van der Waals surface area contributed by atoms with Crippen LogP contribution in [0.5, 0.6) is 0 Å². The lowest BCUT2D eigenvalue weighted by atomic mass is 10.2. The van der Waals surface area contributed by atoms with E-state index in [1.807, 2.05) is 0 Å². The quantitative estimate of drug-likeness (QED) is 0.606. The molecule has 0 radical (unpaired) electrons. The highest BCUT2D eigenvalue weighted by atomic mass is 32.2. The fraction of sp³-hybridized carbons (Fsp3) is 0.100. The maximum absolute atomic E-state index is 13.3. The van der Waals surface area contributed by atoms with E-state index in [9.17, 15) is 17.6 Å². The normalized spacial score (nSPS) is 11.2. The van der Waals surface area contributed by atoms with Gasteiger partial charge in [0.15, 0.2) is 5.78 Å². The summed E-state index contributed by atoms with van der Waals surface area (Å²) in [4.78, 5) is 15.5. The van der Waals surface area contributed by atoms with Crippen molar-refractivity contribution in [2.75, 3.05) is 4.31 Å². The van der Waals surface area contributed by atoms with Gasteiger partial charge in [-0.05, 0) is 55.0 Å². The molecule has 0 aliphatic carbocycles. The molecule has 27 heavy (non-hydrogen) atoms. The van der Waals surface area contributed by atoms with Gasteiger partial charge in [-0.3, -0.25) is 14.1 Å². The van der Waals surface area contributed by atoms with Gasteiger partial charge in [0.05, 0.1) is 17.1 Å². The zero-order valence-electron chi connectivity index (χ0n) is 14.5. The van der Waals surface area contributed by atoms with Crippen molar-refractivity contribution < 1.29 is 17.6 Å². The smallest absolute Gasteiger partial charge is 0.264 e. The van der Waals surface area contributed by atoms with Crippen LogP contribution in [0.15, 0.2) is 78.0 Å². The number of rotatable bonds is 6. The van der Waals surface area contributed by atoms with Gasteiger partial charge in [0.25, 0.3) is 10.0 Å². The Morgan fingerprint density at radius 2 is 1.70 bits per heavy atom. The molecule has 1 aromatic heterocycles. The summed E-state index contributed by atoms with van der Waals surface area (Å²) >= 11 is 0. The largest absolute Gasteiger partial charge is 0.295 e. The molecule has 0 N–H and O–H groups in total. The summed E-state index contributed by atoms with van der Waals surface area (Å²) in [5, 5.41) is 0. The fourth-order valence-electron chi connectivity index (χ4n) is 2.57. The molecule has 7 heteroatoms. The predicted molar refractivity (Wildman–Crippen MR) is 100 cm³/mol. The number of aromatic nitrogens is 1. The van der Waals surface area contributed by atoms with Crippen molar-refractivity contribution >= 4 is 21.5 Å². The van der Waals surface area contributed by atoms with Crippen LogP contribution in [-0.2, 0) is 16.6 Å². The Morgan fingerprint density at radius 3 is 2.26 bits per heavy atom. The number of sulfonamides is 1. The number of carbonyl (C=O) groups excluding carboxylic acids is 1. The van der Waals surface area contributed by atoms with E-state index in [-0.39, 0.29) is 17.2 Å². The van der Waals surface area contributed by atoms with E-state index < -0.39 is 15.8 Å². The number of ketones is 1. The van der Waals surface area contributed by atoms with E-state index in [4.69, 9.17) is 0 Å². The maximum Gasteiger partial charge on any atom is 0.264 e. The van der Waals surface area contributed by atoms with Crippen LogP contribution >= 0.6 is 0 Å². The molecule has 0 saturated heterocycles. The molecular formula is C20H17FN2O3S. The molecule has 0 atom stereocenters. The second kappa shape index (κ2) is 7.67. The Balaban J connectivity index is 2.04. The summed E-state index contributed by atoms with van der Waals surface area (Å²) in [6.45, 7) is 1.45. The lowest BCUT2D eigenvalue weighted by Crippen LogP contribution is -2.30. The number of anilines is 1. The molecule has 0 bridgehead atoms. The minimum Gasteiger partial charge on any atom is -0.295 e. The number of carbonyl (C=O) groups is 1. The summed E-state index contributed by atoms with van der Waals surface area (Å²) in [7, 11) is -3.94. The molecule has 138 valence electrons. The lowest BCUT2D eigenvalue weighted by molar-refractivity contribution is 0.101. The van der Waals surface area contributed by atoms with E-state index in [1.165, 1.54) is 59.8 Å². The van der Waals surface area contributed by atoms with Gasteiger partial charge in [-0.15, -0.1) is 0 Å². The van der Waals surface area contributed by atoms with E-state index in [1.54, 1.807) is 24.5 Å². The van der Waals surface area contributed by atoms with Crippen molar-refractivity contribution in [1.82, 2.24) is 4.98 Å². The fourth-order valence-corrected chi connectivity index (χ4v) is 4.02. The van der Waals surface area contributed by atoms with Crippen LogP contribution in [0.4, 0.5) is 10.1 Å². The van der Waals surface area contributed by atoms with E-state index in [0.717, 1.165) is 0 Å². The molecule has 3 aromatic rings. The van der Waals surface area contributed by atoms with Crippen molar-refractivity contribution in [2.24, 2.45) is 0 Å². The van der Waals surface area contributed by atoms with Gasteiger partial charge in [0.2, 0.25) is 0 Å². The molecule has 2 aromatic carbocycles. The Bertz CT molecular complexity index is 1030. The van der Waals surface area contributed by atoms with Crippen molar-refractivity contribution in [3.8, 4) is 0 Å². The van der Waals surface area contributed by atoms with Gasteiger partial charge in [-0.1, -0.05) is 18.2 Å². The van der Waals surface area contributed by atoms with Gasteiger partial charge in [-0.2, -0.15) is 0 Å². The molecule has 0 spiro atoms. The second-order valence-electron chi connectivity index (χ2n) is 5.93. The first-order chi connectivity index (χ1) is 12.9. The van der Waals surface area contributed by atoms with Crippen LogP contribution in [0, 0.1) is 5.82 Å². The molecule has 0 aliphatic rings. The third kappa shape index (κ3) is 4.20. The first kappa shape index (κ1) is 18.7. The highest BCUT2D eigenvalue weighted by molar-refractivity contribution is 7.92. The first-order valence-electron chi connectivity index (χ1n) is 8.16. The van der Waals surface area contributed by atoms with E-state index >= 15 is 0 Å². The number of nitrogens with zero attached hydrogens (tertiary/aromatic N) is 2. The molecule has 0 saturated carbocycles. The van der Waals surface area contributed by atoms with Gasteiger partial charge in [0, 0.05) is 18.0 Å². The molecule has 0 aliphatic heterocycles. The predicted octanol–water partition coefficient (Wildman–Crippen LogP) is 3.82. The minimum atomic E-state index is -3.94. The minimum absolute atomic E-state index is 0.0380. The Labute approximate surface area is 157 Å². The maximum atomic E-state index is 13.3. The van der Waals surface area contributed by atoms with Crippen LogP contribution in [0.1, 0.15) is 22.8 Å². The summed E-state index contributed by atoms with van der Waals surface area (Å²) < 4.78 is 41.0. The molecular weight excluding hydrogens is 367 g/mol.